The molecule has 0 bridgehead atoms. The number of fused-ring (bicyclic) bond motifs is 1. The second kappa shape index (κ2) is 10.9. The number of carbonyl (C=O) groups excluding carboxylic acids is 1. The Labute approximate surface area is 218 Å². The summed E-state index contributed by atoms with van der Waals surface area (Å²) in [6.45, 7) is 7.14. The van der Waals surface area contributed by atoms with Crippen LogP contribution in [0.3, 0.4) is 0 Å². The Hall–Kier alpha value is -3.24. The Balaban J connectivity index is 1.23. The predicted octanol–water partition coefficient (Wildman–Crippen LogP) is 5.00. The van der Waals surface area contributed by atoms with Crippen LogP contribution < -0.4 is 4.90 Å². The molecule has 0 spiro atoms. The quantitative estimate of drug-likeness (QED) is 0.312. The number of imidazole rings is 1. The van der Waals surface area contributed by atoms with E-state index in [1.807, 2.05) is 0 Å². The van der Waals surface area contributed by atoms with E-state index in [1.54, 1.807) is 18.2 Å². The Bertz CT molecular complexity index is 1290. The van der Waals surface area contributed by atoms with Crippen LogP contribution in [0.5, 0.6) is 0 Å². The van der Waals surface area contributed by atoms with Gasteiger partial charge in [-0.05, 0) is 42.8 Å². The molecule has 38 heavy (non-hydrogen) atoms. The number of likely N-dealkylation sites (tertiary alicyclic amines) is 1. The van der Waals surface area contributed by atoms with Crippen LogP contribution in [0.1, 0.15) is 24.2 Å². The number of hydrogen-bond donors (Lipinski definition) is 1. The molecule has 5 rings (SSSR count). The summed E-state index contributed by atoms with van der Waals surface area (Å²) in [7, 11) is 0. The third-order valence-electron chi connectivity index (χ3n) is 7.43. The van der Waals surface area contributed by atoms with Gasteiger partial charge in [0.1, 0.15) is 22.9 Å². The van der Waals surface area contributed by atoms with E-state index in [9.17, 15) is 22.4 Å². The number of rotatable bonds is 9. The molecule has 2 aliphatic rings. The van der Waals surface area contributed by atoms with E-state index < -0.39 is 11.7 Å². The molecule has 1 aromatic heterocycles. The first-order chi connectivity index (χ1) is 18.2. The number of H-pyrrole nitrogens is 1. The normalized spacial score (nSPS) is 22.4. The number of anilines is 1. The van der Waals surface area contributed by atoms with Gasteiger partial charge in [-0.15, -0.1) is 6.58 Å². The number of ether oxygens (including phenoxy) is 1. The maximum absolute atomic E-state index is 13.3. The number of carbonyl (C=O) groups is 1. The molecule has 3 atom stereocenters. The number of halogens is 4. The number of benzene rings is 2. The molecule has 2 saturated heterocycles. The molecule has 3 aromatic rings. The molecule has 2 aromatic carbocycles. The summed E-state index contributed by atoms with van der Waals surface area (Å²) in [6, 6.07) is 10.6. The maximum Gasteiger partial charge on any atom is 0.418 e. The summed E-state index contributed by atoms with van der Waals surface area (Å²) in [5.41, 5.74) is 0.252. The van der Waals surface area contributed by atoms with E-state index >= 15 is 0 Å². The fraction of sp³-hybridized carbons (Fsp3) is 0.429. The molecule has 202 valence electrons. The second-order valence-corrected chi connectivity index (χ2v) is 10.0. The van der Waals surface area contributed by atoms with Crippen molar-refractivity contribution in [3.63, 3.8) is 0 Å². The van der Waals surface area contributed by atoms with Gasteiger partial charge in [0.05, 0.1) is 30.2 Å². The highest BCUT2D eigenvalue weighted by atomic mass is 19.4. The Kier molecular flexibility index (Phi) is 7.54. The van der Waals surface area contributed by atoms with Gasteiger partial charge in [-0.1, -0.05) is 12.1 Å². The lowest BCUT2D eigenvalue weighted by molar-refractivity contribution is -0.136. The number of aromatic nitrogens is 2. The average molecular weight is 531 g/mol. The van der Waals surface area contributed by atoms with Gasteiger partial charge in [0.2, 0.25) is 0 Å². The number of ketones is 1. The zero-order valence-corrected chi connectivity index (χ0v) is 20.9. The van der Waals surface area contributed by atoms with Crippen molar-refractivity contribution in [3.8, 4) is 0 Å². The van der Waals surface area contributed by atoms with Crippen LogP contribution in [0.15, 0.2) is 55.1 Å². The van der Waals surface area contributed by atoms with Crippen molar-refractivity contribution in [3.05, 3.63) is 72.3 Å². The molecule has 6 nitrogen and oxygen atoms in total. The molecule has 3 heterocycles. The van der Waals surface area contributed by atoms with Gasteiger partial charge in [0.15, 0.2) is 0 Å². The second-order valence-electron chi connectivity index (χ2n) is 10.0. The standard InChI is InChI=1S/C28H30F4N4O2/c1-2-12-38-25-17-36(21-10-11-35(16-21)20-8-6-19(29)7-9-20)15-18(25)13-22(37)14-26-33-24-5-3-4-23(27(24)34-26)28(30,31)32/h2-9,18,21,25H,1,10-17H2,(H,33,34)/t18?,21?,25-/m0/s1. The molecule has 2 fully saturated rings. The predicted molar refractivity (Wildman–Crippen MR) is 136 cm³/mol. The van der Waals surface area contributed by atoms with Crippen molar-refractivity contribution in [2.24, 2.45) is 5.92 Å². The first-order valence-corrected chi connectivity index (χ1v) is 12.7. The molecule has 0 aliphatic carbocycles. The van der Waals surface area contributed by atoms with Gasteiger partial charge in [-0.3, -0.25) is 9.69 Å². The number of Topliss-reactive ketones (excluding diaryl/α,β-unsaturated/α-hetero) is 1. The van der Waals surface area contributed by atoms with Crippen molar-refractivity contribution in [1.29, 1.82) is 0 Å². The highest BCUT2D eigenvalue weighted by molar-refractivity contribution is 5.83. The molecule has 0 saturated carbocycles. The highest BCUT2D eigenvalue weighted by Crippen LogP contribution is 2.34. The molecular weight excluding hydrogens is 500 g/mol. The summed E-state index contributed by atoms with van der Waals surface area (Å²) >= 11 is 0. The van der Waals surface area contributed by atoms with E-state index in [-0.39, 0.29) is 59.4 Å². The number of alkyl halides is 3. The molecule has 2 unspecified atom stereocenters. The minimum Gasteiger partial charge on any atom is -0.372 e. The van der Waals surface area contributed by atoms with E-state index in [1.165, 1.54) is 24.3 Å². The fourth-order valence-electron chi connectivity index (χ4n) is 5.62. The largest absolute Gasteiger partial charge is 0.418 e. The van der Waals surface area contributed by atoms with Crippen molar-refractivity contribution in [1.82, 2.24) is 14.9 Å². The topological polar surface area (TPSA) is 61.5 Å². The zero-order chi connectivity index (χ0) is 26.9. The smallest absolute Gasteiger partial charge is 0.372 e. The fourth-order valence-corrected chi connectivity index (χ4v) is 5.62. The summed E-state index contributed by atoms with van der Waals surface area (Å²) < 4.78 is 59.4. The minimum absolute atomic E-state index is 0.0440. The molecular formula is C28H30F4N4O2. The first-order valence-electron chi connectivity index (χ1n) is 12.7. The number of para-hydroxylation sites is 1. The van der Waals surface area contributed by atoms with Crippen molar-refractivity contribution in [2.45, 2.75) is 37.6 Å². The van der Waals surface area contributed by atoms with Crippen LogP contribution in [0.2, 0.25) is 0 Å². The van der Waals surface area contributed by atoms with Crippen LogP contribution in [-0.2, 0) is 22.1 Å². The van der Waals surface area contributed by atoms with E-state index in [0.29, 0.717) is 19.7 Å². The van der Waals surface area contributed by atoms with Gasteiger partial charge in [0.25, 0.3) is 0 Å². The number of aromatic amines is 1. The Morgan fingerprint density at radius 2 is 1.95 bits per heavy atom. The lowest BCUT2D eigenvalue weighted by Crippen LogP contribution is -2.36. The van der Waals surface area contributed by atoms with Crippen molar-refractivity contribution < 1.29 is 27.1 Å². The molecule has 10 heteroatoms. The average Bonchev–Trinajstić information content (AvgIpc) is 3.60. The molecule has 0 radical (unpaired) electrons. The SMILES string of the molecule is C=CCO[C@H]1CN(C2CCN(c3ccc(F)cc3)C2)CC1CC(=O)Cc1nc2c(C(F)(F)F)cccc2[nH]1. The Morgan fingerprint density at radius 1 is 1.16 bits per heavy atom. The van der Waals surface area contributed by atoms with Crippen LogP contribution in [0, 0.1) is 11.7 Å². The summed E-state index contributed by atoms with van der Waals surface area (Å²) in [6.07, 6.45) is -1.86. The third kappa shape index (κ3) is 5.76. The monoisotopic (exact) mass is 530 g/mol. The van der Waals surface area contributed by atoms with Gasteiger partial charge in [-0.25, -0.2) is 9.37 Å². The molecule has 0 amide bonds. The minimum atomic E-state index is -4.52. The number of nitrogens with zero attached hydrogens (tertiary/aromatic N) is 3. The zero-order valence-electron chi connectivity index (χ0n) is 20.9. The van der Waals surface area contributed by atoms with E-state index in [0.717, 1.165) is 31.3 Å². The van der Waals surface area contributed by atoms with Crippen LogP contribution in [0.25, 0.3) is 11.0 Å². The van der Waals surface area contributed by atoms with Crippen LogP contribution in [-0.4, -0.2) is 65.6 Å². The summed E-state index contributed by atoms with van der Waals surface area (Å²) in [4.78, 5) is 24.6. The lowest BCUT2D eigenvalue weighted by Gasteiger charge is -2.25. The highest BCUT2D eigenvalue weighted by Gasteiger charge is 2.40. The van der Waals surface area contributed by atoms with Crippen molar-refractivity contribution in [2.75, 3.05) is 37.7 Å². The first kappa shape index (κ1) is 26.4. The van der Waals surface area contributed by atoms with Gasteiger partial charge in [-0.2, -0.15) is 13.2 Å². The number of nitrogens with one attached hydrogen (secondary N) is 1. The van der Waals surface area contributed by atoms with Gasteiger partial charge in [0, 0.05) is 50.2 Å². The maximum atomic E-state index is 13.3. The Morgan fingerprint density at radius 3 is 2.68 bits per heavy atom. The lowest BCUT2D eigenvalue weighted by atomic mass is 9.97. The third-order valence-corrected chi connectivity index (χ3v) is 7.43. The molecule has 2 aliphatic heterocycles. The van der Waals surface area contributed by atoms with E-state index in [4.69, 9.17) is 4.74 Å². The van der Waals surface area contributed by atoms with Crippen LogP contribution in [0.4, 0.5) is 23.2 Å². The summed E-state index contributed by atoms with van der Waals surface area (Å²) in [5.74, 6) is -0.179. The summed E-state index contributed by atoms with van der Waals surface area (Å²) in [5, 5.41) is 0. The van der Waals surface area contributed by atoms with Gasteiger partial charge >= 0.3 is 6.18 Å². The van der Waals surface area contributed by atoms with Gasteiger partial charge < -0.3 is 14.6 Å². The molecule has 1 N–H and O–H groups in total. The van der Waals surface area contributed by atoms with E-state index in [2.05, 4.69) is 26.3 Å². The van der Waals surface area contributed by atoms with Crippen molar-refractivity contribution >= 4 is 22.5 Å². The number of hydrogen-bond acceptors (Lipinski definition) is 5. The van der Waals surface area contributed by atoms with Crippen LogP contribution >= 0.6 is 0 Å².